The highest BCUT2D eigenvalue weighted by Gasteiger charge is 2.24. The predicted octanol–water partition coefficient (Wildman–Crippen LogP) is 1.80. The van der Waals surface area contributed by atoms with Crippen molar-refractivity contribution in [2.75, 3.05) is 6.54 Å². The van der Waals surface area contributed by atoms with Crippen LogP contribution in [-0.4, -0.2) is 22.1 Å². The number of carbonyl (C=O) groups excluding carboxylic acids is 1. The van der Waals surface area contributed by atoms with Crippen LogP contribution in [0.2, 0.25) is 0 Å². The lowest BCUT2D eigenvalue weighted by molar-refractivity contribution is 0.0523. The van der Waals surface area contributed by atoms with E-state index in [9.17, 15) is 14.3 Å². The van der Waals surface area contributed by atoms with Crippen molar-refractivity contribution in [1.29, 1.82) is 0 Å². The minimum atomic E-state index is -1.26. The maximum atomic E-state index is 12.9. The summed E-state index contributed by atoms with van der Waals surface area (Å²) < 4.78 is 14.6. The van der Waals surface area contributed by atoms with Crippen molar-refractivity contribution in [3.8, 4) is 0 Å². The molecule has 1 aromatic carbocycles. The molecule has 0 radical (unpaired) electrons. The molecule has 20 heavy (non-hydrogen) atoms. The lowest BCUT2D eigenvalue weighted by Gasteiger charge is -2.24. The van der Waals surface area contributed by atoms with Crippen LogP contribution < -0.4 is 5.32 Å². The van der Waals surface area contributed by atoms with E-state index in [0.29, 0.717) is 11.3 Å². The van der Waals surface area contributed by atoms with Crippen LogP contribution in [0.4, 0.5) is 4.39 Å². The molecule has 0 aliphatic rings. The molecule has 1 atom stereocenters. The van der Waals surface area contributed by atoms with Crippen molar-refractivity contribution in [2.45, 2.75) is 12.5 Å². The van der Waals surface area contributed by atoms with Crippen molar-refractivity contribution < 1.29 is 14.3 Å². The van der Waals surface area contributed by atoms with Gasteiger partial charge in [0.15, 0.2) is 0 Å². The van der Waals surface area contributed by atoms with E-state index in [1.165, 1.54) is 24.3 Å². The fourth-order valence-corrected chi connectivity index (χ4v) is 1.95. The van der Waals surface area contributed by atoms with Gasteiger partial charge in [0.05, 0.1) is 6.54 Å². The zero-order valence-corrected chi connectivity index (χ0v) is 11.4. The molecule has 0 saturated carbocycles. The van der Waals surface area contributed by atoms with Gasteiger partial charge in [-0.15, -0.1) is 0 Å². The average molecular weight is 276 g/mol. The fraction of sp³-hybridized carbons (Fsp3) is 0.267. The van der Waals surface area contributed by atoms with E-state index in [1.807, 2.05) is 0 Å². The van der Waals surface area contributed by atoms with Crippen molar-refractivity contribution in [3.05, 3.63) is 59.7 Å². The van der Waals surface area contributed by atoms with Gasteiger partial charge in [0.25, 0.3) is 5.91 Å². The SMILES string of the molecule is Cn1cccc1C(=O)NCC(C)(O)c1ccc(F)cc1. The standard InChI is InChI=1S/C15H17FN2O2/c1-15(20,11-5-7-12(16)8-6-11)10-17-14(19)13-4-3-9-18(13)2/h3-9,20H,10H2,1-2H3,(H,17,19). The molecule has 1 heterocycles. The molecular weight excluding hydrogens is 259 g/mol. The second-order valence-electron chi connectivity index (χ2n) is 4.97. The van der Waals surface area contributed by atoms with Crippen LogP contribution in [0.15, 0.2) is 42.6 Å². The molecule has 2 N–H and O–H groups in total. The first-order valence-corrected chi connectivity index (χ1v) is 6.28. The van der Waals surface area contributed by atoms with Gasteiger partial charge in [-0.2, -0.15) is 0 Å². The van der Waals surface area contributed by atoms with Gasteiger partial charge in [0.1, 0.15) is 17.1 Å². The number of nitrogens with one attached hydrogen (secondary N) is 1. The largest absolute Gasteiger partial charge is 0.384 e. The van der Waals surface area contributed by atoms with E-state index in [4.69, 9.17) is 0 Å². The second kappa shape index (κ2) is 5.46. The van der Waals surface area contributed by atoms with E-state index in [-0.39, 0.29) is 18.3 Å². The molecule has 0 saturated heterocycles. The summed E-state index contributed by atoms with van der Waals surface area (Å²) in [5, 5.41) is 13.0. The summed E-state index contributed by atoms with van der Waals surface area (Å²) in [6.45, 7) is 1.62. The van der Waals surface area contributed by atoms with Crippen LogP contribution in [0, 0.1) is 5.82 Å². The molecular formula is C15H17FN2O2. The van der Waals surface area contributed by atoms with Crippen molar-refractivity contribution in [1.82, 2.24) is 9.88 Å². The van der Waals surface area contributed by atoms with Crippen LogP contribution in [0.5, 0.6) is 0 Å². The summed E-state index contributed by atoms with van der Waals surface area (Å²) in [4.78, 5) is 12.0. The van der Waals surface area contributed by atoms with Gasteiger partial charge < -0.3 is 15.0 Å². The number of carbonyl (C=O) groups is 1. The summed E-state index contributed by atoms with van der Waals surface area (Å²) in [6.07, 6.45) is 1.77. The minimum absolute atomic E-state index is 0.0443. The van der Waals surface area contributed by atoms with Gasteiger partial charge in [-0.3, -0.25) is 4.79 Å². The minimum Gasteiger partial charge on any atom is -0.384 e. The van der Waals surface area contributed by atoms with E-state index in [0.717, 1.165) is 0 Å². The first kappa shape index (κ1) is 14.3. The number of hydrogen-bond donors (Lipinski definition) is 2. The van der Waals surface area contributed by atoms with Crippen LogP contribution in [0.25, 0.3) is 0 Å². The third-order valence-electron chi connectivity index (χ3n) is 3.24. The van der Waals surface area contributed by atoms with Gasteiger partial charge in [-0.1, -0.05) is 12.1 Å². The Morgan fingerprint density at radius 3 is 2.55 bits per heavy atom. The Bertz CT molecular complexity index is 603. The van der Waals surface area contributed by atoms with Crippen LogP contribution in [0.1, 0.15) is 23.0 Å². The number of halogens is 1. The zero-order valence-electron chi connectivity index (χ0n) is 11.4. The quantitative estimate of drug-likeness (QED) is 0.894. The molecule has 0 aliphatic carbocycles. The Balaban J connectivity index is 2.04. The molecule has 2 aromatic rings. The Morgan fingerprint density at radius 2 is 2.00 bits per heavy atom. The molecule has 4 nitrogen and oxygen atoms in total. The third kappa shape index (κ3) is 3.05. The third-order valence-corrected chi connectivity index (χ3v) is 3.24. The smallest absolute Gasteiger partial charge is 0.268 e. The van der Waals surface area contributed by atoms with E-state index >= 15 is 0 Å². The van der Waals surface area contributed by atoms with Gasteiger partial charge in [0.2, 0.25) is 0 Å². The lowest BCUT2D eigenvalue weighted by Crippen LogP contribution is -2.39. The van der Waals surface area contributed by atoms with Crippen molar-refractivity contribution in [2.24, 2.45) is 7.05 Å². The summed E-state index contributed by atoms with van der Waals surface area (Å²) >= 11 is 0. The molecule has 1 unspecified atom stereocenters. The summed E-state index contributed by atoms with van der Waals surface area (Å²) in [5.41, 5.74) is -0.194. The van der Waals surface area contributed by atoms with E-state index in [2.05, 4.69) is 5.32 Å². The lowest BCUT2D eigenvalue weighted by atomic mass is 9.96. The Hall–Kier alpha value is -2.14. The van der Waals surface area contributed by atoms with Gasteiger partial charge >= 0.3 is 0 Å². The number of nitrogens with zero attached hydrogens (tertiary/aromatic N) is 1. The normalized spacial score (nSPS) is 13.8. The van der Waals surface area contributed by atoms with Crippen molar-refractivity contribution in [3.63, 3.8) is 0 Å². The summed E-state index contributed by atoms with van der Waals surface area (Å²) in [7, 11) is 1.77. The number of amides is 1. The van der Waals surface area contributed by atoms with Crippen LogP contribution >= 0.6 is 0 Å². The van der Waals surface area contributed by atoms with E-state index < -0.39 is 5.60 Å². The maximum Gasteiger partial charge on any atom is 0.268 e. The van der Waals surface area contributed by atoms with Crippen molar-refractivity contribution >= 4 is 5.91 Å². The Morgan fingerprint density at radius 1 is 1.35 bits per heavy atom. The van der Waals surface area contributed by atoms with Crippen LogP contribution in [-0.2, 0) is 12.6 Å². The zero-order chi connectivity index (χ0) is 14.8. The molecule has 2 rings (SSSR count). The molecule has 0 fully saturated rings. The predicted molar refractivity (Wildman–Crippen MR) is 73.7 cm³/mol. The second-order valence-corrected chi connectivity index (χ2v) is 4.97. The average Bonchev–Trinajstić information content (AvgIpc) is 2.83. The highest BCUT2D eigenvalue weighted by Crippen LogP contribution is 2.20. The topological polar surface area (TPSA) is 54.3 Å². The molecule has 0 spiro atoms. The number of rotatable bonds is 4. The Labute approximate surface area is 116 Å². The molecule has 0 bridgehead atoms. The van der Waals surface area contributed by atoms with Crippen LogP contribution in [0.3, 0.4) is 0 Å². The number of benzene rings is 1. The highest BCUT2D eigenvalue weighted by atomic mass is 19.1. The van der Waals surface area contributed by atoms with Gasteiger partial charge in [-0.25, -0.2) is 4.39 Å². The molecule has 106 valence electrons. The summed E-state index contributed by atoms with van der Waals surface area (Å²) in [6, 6.07) is 9.04. The molecule has 1 amide bonds. The first-order valence-electron chi connectivity index (χ1n) is 6.28. The highest BCUT2D eigenvalue weighted by molar-refractivity contribution is 5.92. The summed E-state index contributed by atoms with van der Waals surface area (Å²) in [5.74, 6) is -0.628. The number of aliphatic hydroxyl groups is 1. The maximum absolute atomic E-state index is 12.9. The molecule has 0 aliphatic heterocycles. The monoisotopic (exact) mass is 276 g/mol. The first-order chi connectivity index (χ1) is 9.40. The Kier molecular flexibility index (Phi) is 3.90. The number of aryl methyl sites for hydroxylation is 1. The number of hydrogen-bond acceptors (Lipinski definition) is 2. The van der Waals surface area contributed by atoms with Gasteiger partial charge in [0, 0.05) is 13.2 Å². The van der Waals surface area contributed by atoms with Gasteiger partial charge in [-0.05, 0) is 36.8 Å². The van der Waals surface area contributed by atoms with E-state index in [1.54, 1.807) is 36.9 Å². The molecule has 1 aromatic heterocycles. The number of aromatic nitrogens is 1. The fourth-order valence-electron chi connectivity index (χ4n) is 1.95. The molecule has 5 heteroatoms.